The Labute approximate surface area is 196 Å². The highest BCUT2D eigenvalue weighted by molar-refractivity contribution is 7.98. The van der Waals surface area contributed by atoms with Crippen LogP contribution >= 0.6 is 11.8 Å². The summed E-state index contributed by atoms with van der Waals surface area (Å²) < 4.78 is 0. The Hall–Kier alpha value is -3.12. The van der Waals surface area contributed by atoms with Crippen LogP contribution < -0.4 is 22.5 Å². The van der Waals surface area contributed by atoms with Crippen molar-refractivity contribution in [3.63, 3.8) is 0 Å². The lowest BCUT2D eigenvalue weighted by atomic mass is 10.1. The maximum atomic E-state index is 13.3. The van der Waals surface area contributed by atoms with Crippen molar-refractivity contribution < 1.29 is 24.0 Å². The lowest BCUT2D eigenvalue weighted by Gasteiger charge is -2.28. The predicted octanol–water partition coefficient (Wildman–Crippen LogP) is -1.60. The third kappa shape index (κ3) is 8.06. The molecular weight excluding hydrogens is 448 g/mol. The van der Waals surface area contributed by atoms with Gasteiger partial charge in [-0.25, -0.2) is 0 Å². The van der Waals surface area contributed by atoms with Crippen molar-refractivity contribution in [2.24, 2.45) is 17.2 Å². The Bertz CT molecular complexity index is 896. The summed E-state index contributed by atoms with van der Waals surface area (Å²) in [5.74, 6) is -2.52. The van der Waals surface area contributed by atoms with E-state index in [2.05, 4.69) is 5.32 Å². The molecule has 180 valence electrons. The Morgan fingerprint density at radius 3 is 2.45 bits per heavy atom. The van der Waals surface area contributed by atoms with E-state index in [1.165, 1.54) is 16.7 Å². The van der Waals surface area contributed by atoms with Gasteiger partial charge in [0.25, 0.3) is 5.91 Å². The molecule has 1 unspecified atom stereocenters. The molecule has 12 heteroatoms. The van der Waals surface area contributed by atoms with Crippen molar-refractivity contribution in [3.05, 3.63) is 35.4 Å². The highest BCUT2D eigenvalue weighted by Crippen LogP contribution is 2.20. The normalized spacial score (nSPS) is 18.3. The van der Waals surface area contributed by atoms with Gasteiger partial charge in [0, 0.05) is 23.6 Å². The minimum atomic E-state index is -0.930. The molecule has 1 aromatic rings. The SMILES string of the molecule is NCCCCN1CC(=O)NC(C(N)=O)CSCc2ccccc2C(=O)N(CC(N)=O)CC1=O. The smallest absolute Gasteiger partial charge is 0.255 e. The number of thioether (sulfide) groups is 1. The molecule has 0 fully saturated rings. The van der Waals surface area contributed by atoms with Crippen LogP contribution in [0.3, 0.4) is 0 Å². The lowest BCUT2D eigenvalue weighted by molar-refractivity contribution is -0.137. The molecule has 0 saturated heterocycles. The number of nitrogens with zero attached hydrogens (tertiary/aromatic N) is 2. The Kier molecular flexibility index (Phi) is 10.1. The molecule has 0 saturated carbocycles. The number of hydrogen-bond acceptors (Lipinski definition) is 7. The number of carbonyl (C=O) groups excluding carboxylic acids is 5. The van der Waals surface area contributed by atoms with Crippen LogP contribution in [0.25, 0.3) is 0 Å². The summed E-state index contributed by atoms with van der Waals surface area (Å²) in [7, 11) is 0. The van der Waals surface area contributed by atoms with Crippen molar-refractivity contribution in [2.45, 2.75) is 24.6 Å². The number of nitrogens with two attached hydrogens (primary N) is 3. The molecular formula is C21H30N6O5S. The average Bonchev–Trinajstić information content (AvgIpc) is 2.76. The van der Waals surface area contributed by atoms with Gasteiger partial charge >= 0.3 is 0 Å². The third-order valence-electron chi connectivity index (χ3n) is 5.00. The van der Waals surface area contributed by atoms with Crippen LogP contribution in [0.4, 0.5) is 0 Å². The van der Waals surface area contributed by atoms with Crippen LogP contribution in [0.15, 0.2) is 24.3 Å². The summed E-state index contributed by atoms with van der Waals surface area (Å²) in [6.07, 6.45) is 1.17. The summed E-state index contributed by atoms with van der Waals surface area (Å²) in [5.41, 5.74) is 17.3. The number of fused-ring (bicyclic) bond motifs is 1. The number of nitrogens with one attached hydrogen (secondary N) is 1. The van der Waals surface area contributed by atoms with Gasteiger partial charge in [0.2, 0.25) is 23.6 Å². The highest BCUT2D eigenvalue weighted by Gasteiger charge is 2.28. The van der Waals surface area contributed by atoms with E-state index in [1.807, 2.05) is 0 Å². The van der Waals surface area contributed by atoms with Crippen LogP contribution in [-0.2, 0) is 24.9 Å². The summed E-state index contributed by atoms with van der Waals surface area (Å²) in [4.78, 5) is 64.7. The summed E-state index contributed by atoms with van der Waals surface area (Å²) in [6.45, 7) is -0.572. The minimum Gasteiger partial charge on any atom is -0.368 e. The first-order valence-electron chi connectivity index (χ1n) is 10.5. The molecule has 1 aromatic carbocycles. The van der Waals surface area contributed by atoms with E-state index in [-0.39, 0.29) is 18.8 Å². The lowest BCUT2D eigenvalue weighted by Crippen LogP contribution is -2.52. The highest BCUT2D eigenvalue weighted by atomic mass is 32.2. The van der Waals surface area contributed by atoms with Crippen molar-refractivity contribution in [1.29, 1.82) is 0 Å². The van der Waals surface area contributed by atoms with Gasteiger partial charge in [-0.05, 0) is 31.0 Å². The molecule has 2 rings (SSSR count). The van der Waals surface area contributed by atoms with E-state index in [1.54, 1.807) is 24.3 Å². The quantitative estimate of drug-likeness (QED) is 0.340. The Morgan fingerprint density at radius 2 is 1.79 bits per heavy atom. The topological polar surface area (TPSA) is 182 Å². The van der Waals surface area contributed by atoms with Crippen LogP contribution in [0, 0.1) is 0 Å². The van der Waals surface area contributed by atoms with Crippen LogP contribution in [0.2, 0.25) is 0 Å². The van der Waals surface area contributed by atoms with Gasteiger partial charge in [0.15, 0.2) is 0 Å². The van der Waals surface area contributed by atoms with Gasteiger partial charge in [-0.2, -0.15) is 11.8 Å². The number of primary amides is 2. The number of benzene rings is 1. The molecule has 11 nitrogen and oxygen atoms in total. The predicted molar refractivity (Wildman–Crippen MR) is 124 cm³/mol. The number of rotatable bonds is 7. The zero-order valence-corrected chi connectivity index (χ0v) is 19.1. The Morgan fingerprint density at radius 1 is 1.06 bits per heavy atom. The number of unbranched alkanes of at least 4 members (excludes halogenated alkanes) is 1. The van der Waals surface area contributed by atoms with Gasteiger partial charge in [-0.3, -0.25) is 24.0 Å². The van der Waals surface area contributed by atoms with Gasteiger partial charge in [-0.15, -0.1) is 0 Å². The molecule has 0 radical (unpaired) electrons. The third-order valence-corrected chi connectivity index (χ3v) is 6.08. The van der Waals surface area contributed by atoms with Gasteiger partial charge in [0.05, 0.1) is 6.54 Å². The maximum absolute atomic E-state index is 13.3. The van der Waals surface area contributed by atoms with E-state index >= 15 is 0 Å². The van der Waals surface area contributed by atoms with Gasteiger partial charge < -0.3 is 32.3 Å². The number of carbonyl (C=O) groups is 5. The molecule has 1 aliphatic heterocycles. The second-order valence-corrected chi connectivity index (χ2v) is 8.66. The second-order valence-electron chi connectivity index (χ2n) is 7.63. The first-order chi connectivity index (χ1) is 15.7. The van der Waals surface area contributed by atoms with E-state index < -0.39 is 48.7 Å². The standard InChI is InChI=1S/C21H30N6O5S/c22-7-3-4-8-26-10-18(29)25-16(20(24)31)13-33-12-14-5-1-2-6-15(14)21(32)27(9-17(23)28)11-19(26)30/h1-2,5-6,16H,3-4,7-13,22H2,(H2,23,28)(H2,24,31)(H,25,29). The van der Waals surface area contributed by atoms with E-state index in [4.69, 9.17) is 17.2 Å². The molecule has 5 amide bonds. The maximum Gasteiger partial charge on any atom is 0.255 e. The molecule has 33 heavy (non-hydrogen) atoms. The molecule has 0 aliphatic carbocycles. The molecule has 0 spiro atoms. The minimum absolute atomic E-state index is 0.190. The zero-order valence-electron chi connectivity index (χ0n) is 18.3. The van der Waals surface area contributed by atoms with E-state index in [9.17, 15) is 24.0 Å². The molecule has 1 heterocycles. The van der Waals surface area contributed by atoms with Crippen molar-refractivity contribution >= 4 is 41.3 Å². The molecule has 7 N–H and O–H groups in total. The average molecular weight is 479 g/mol. The van der Waals surface area contributed by atoms with Gasteiger partial charge in [0.1, 0.15) is 19.1 Å². The molecule has 1 aliphatic rings. The monoisotopic (exact) mass is 478 g/mol. The van der Waals surface area contributed by atoms with Gasteiger partial charge in [-0.1, -0.05) is 18.2 Å². The largest absolute Gasteiger partial charge is 0.368 e. The zero-order chi connectivity index (χ0) is 24.4. The Balaban J connectivity index is 2.41. The van der Waals surface area contributed by atoms with Crippen LogP contribution in [0.1, 0.15) is 28.8 Å². The molecule has 0 bridgehead atoms. The summed E-state index contributed by atoms with van der Waals surface area (Å²) >= 11 is 1.32. The fraction of sp³-hybridized carbons (Fsp3) is 0.476. The molecule has 1 atom stereocenters. The fourth-order valence-electron chi connectivity index (χ4n) is 3.31. The number of hydrogen-bond donors (Lipinski definition) is 4. The first-order valence-corrected chi connectivity index (χ1v) is 11.7. The fourth-order valence-corrected chi connectivity index (χ4v) is 4.38. The van der Waals surface area contributed by atoms with Crippen molar-refractivity contribution in [2.75, 3.05) is 38.5 Å². The summed E-state index contributed by atoms with van der Waals surface area (Å²) in [5, 5.41) is 2.58. The van der Waals surface area contributed by atoms with E-state index in [0.29, 0.717) is 36.3 Å². The van der Waals surface area contributed by atoms with Crippen molar-refractivity contribution in [3.8, 4) is 0 Å². The molecule has 0 aromatic heterocycles. The first kappa shape index (κ1) is 26.1. The second kappa shape index (κ2) is 12.8. The van der Waals surface area contributed by atoms with Crippen molar-refractivity contribution in [1.82, 2.24) is 15.1 Å². The van der Waals surface area contributed by atoms with Crippen LogP contribution in [0.5, 0.6) is 0 Å². The van der Waals surface area contributed by atoms with Crippen LogP contribution in [-0.4, -0.2) is 83.9 Å². The summed E-state index contributed by atoms with van der Waals surface area (Å²) in [6, 6.07) is 5.86. The van der Waals surface area contributed by atoms with E-state index in [0.717, 1.165) is 4.90 Å². The number of amides is 5.